The summed E-state index contributed by atoms with van der Waals surface area (Å²) in [5, 5.41) is 0. The first-order valence-electron chi connectivity index (χ1n) is 6.90. The normalized spacial score (nSPS) is 23.1. The van der Waals surface area contributed by atoms with Gasteiger partial charge in [-0.1, -0.05) is 31.9 Å². The van der Waals surface area contributed by atoms with Gasteiger partial charge in [0, 0.05) is 5.56 Å². The Bertz CT molecular complexity index is 417. The first kappa shape index (κ1) is 14.0. The largest absolute Gasteiger partial charge is 0.374 e. The van der Waals surface area contributed by atoms with Crippen molar-refractivity contribution in [2.75, 3.05) is 0 Å². The number of hydrazine groups is 1. The highest BCUT2D eigenvalue weighted by Crippen LogP contribution is 2.26. The molecule has 0 aliphatic heterocycles. The highest BCUT2D eigenvalue weighted by Gasteiger charge is 2.19. The molecule has 1 fully saturated rings. The molecule has 0 bridgehead atoms. The number of amides is 1. The molecule has 1 amide bonds. The van der Waals surface area contributed by atoms with Crippen LogP contribution in [0.5, 0.6) is 0 Å². The molecule has 3 N–H and O–H groups in total. The predicted molar refractivity (Wildman–Crippen MR) is 74.3 cm³/mol. The highest BCUT2D eigenvalue weighted by molar-refractivity contribution is 5.93. The van der Waals surface area contributed by atoms with Crippen LogP contribution in [0.3, 0.4) is 0 Å². The van der Waals surface area contributed by atoms with Crippen LogP contribution in [0.15, 0.2) is 24.3 Å². The fourth-order valence-electron chi connectivity index (χ4n) is 2.58. The number of nitrogens with two attached hydrogens (primary N) is 1. The summed E-state index contributed by atoms with van der Waals surface area (Å²) < 4.78 is 5.94. The Balaban J connectivity index is 1.84. The smallest absolute Gasteiger partial charge is 0.265 e. The molecule has 2 rings (SSSR count). The van der Waals surface area contributed by atoms with Gasteiger partial charge in [-0.25, -0.2) is 5.84 Å². The summed E-state index contributed by atoms with van der Waals surface area (Å²) in [6, 6.07) is 7.36. The number of nitrogen functional groups attached to an aromatic ring is 1. The van der Waals surface area contributed by atoms with Crippen molar-refractivity contribution in [1.82, 2.24) is 5.43 Å². The summed E-state index contributed by atoms with van der Waals surface area (Å²) in [5.74, 6) is 5.59. The summed E-state index contributed by atoms with van der Waals surface area (Å²) in [6.07, 6.45) is 5.30. The Hall–Kier alpha value is -1.39. The lowest BCUT2D eigenvalue weighted by Crippen LogP contribution is -2.29. The number of rotatable bonds is 4. The average molecular weight is 262 g/mol. The van der Waals surface area contributed by atoms with Crippen molar-refractivity contribution in [1.29, 1.82) is 0 Å². The molecular weight excluding hydrogens is 240 g/mol. The van der Waals surface area contributed by atoms with E-state index in [-0.39, 0.29) is 5.91 Å². The third kappa shape index (κ3) is 4.04. The van der Waals surface area contributed by atoms with E-state index in [1.165, 1.54) is 12.8 Å². The lowest BCUT2D eigenvalue weighted by Gasteiger charge is -2.26. The molecule has 2 unspecified atom stereocenters. The lowest BCUT2D eigenvalue weighted by molar-refractivity contribution is 0.00466. The van der Waals surface area contributed by atoms with Crippen LogP contribution in [-0.2, 0) is 11.3 Å². The Labute approximate surface area is 114 Å². The van der Waals surface area contributed by atoms with Gasteiger partial charge in [0.25, 0.3) is 5.91 Å². The minimum Gasteiger partial charge on any atom is -0.374 e. The molecule has 0 aromatic heterocycles. The monoisotopic (exact) mass is 262 g/mol. The average Bonchev–Trinajstić information content (AvgIpc) is 2.45. The zero-order valence-corrected chi connectivity index (χ0v) is 11.4. The van der Waals surface area contributed by atoms with Crippen LogP contribution < -0.4 is 11.3 Å². The van der Waals surface area contributed by atoms with Crippen LogP contribution >= 0.6 is 0 Å². The lowest BCUT2D eigenvalue weighted by atomic mass is 9.89. The maximum atomic E-state index is 11.3. The molecule has 104 valence electrons. The van der Waals surface area contributed by atoms with Gasteiger partial charge in [-0.3, -0.25) is 10.2 Å². The Kier molecular flexibility index (Phi) is 4.93. The van der Waals surface area contributed by atoms with E-state index in [1.807, 2.05) is 12.1 Å². The zero-order chi connectivity index (χ0) is 13.7. The van der Waals surface area contributed by atoms with E-state index in [9.17, 15) is 4.79 Å². The predicted octanol–water partition coefficient (Wildman–Crippen LogP) is 2.39. The third-order valence-electron chi connectivity index (χ3n) is 3.72. The Morgan fingerprint density at radius 2 is 2.11 bits per heavy atom. The maximum Gasteiger partial charge on any atom is 0.265 e. The standard InChI is InChI=1S/C15H22N2O2/c1-11-3-2-4-14(9-11)19-10-12-5-7-13(8-6-12)15(18)17-16/h5-8,11,14H,2-4,9-10,16H2,1H3,(H,17,18). The fourth-order valence-corrected chi connectivity index (χ4v) is 2.58. The van der Waals surface area contributed by atoms with E-state index < -0.39 is 0 Å². The van der Waals surface area contributed by atoms with Crippen LogP contribution in [-0.4, -0.2) is 12.0 Å². The number of carbonyl (C=O) groups is 1. The van der Waals surface area contributed by atoms with Crippen LogP contribution in [0.2, 0.25) is 0 Å². The quantitative estimate of drug-likeness (QED) is 0.497. The number of benzene rings is 1. The van der Waals surface area contributed by atoms with Crippen molar-refractivity contribution in [3.63, 3.8) is 0 Å². The van der Waals surface area contributed by atoms with Crippen LogP contribution in [0, 0.1) is 5.92 Å². The second kappa shape index (κ2) is 6.68. The molecule has 0 radical (unpaired) electrons. The van der Waals surface area contributed by atoms with E-state index in [2.05, 4.69) is 12.3 Å². The van der Waals surface area contributed by atoms with Gasteiger partial charge in [0.05, 0.1) is 12.7 Å². The molecular formula is C15H22N2O2. The van der Waals surface area contributed by atoms with E-state index in [1.54, 1.807) is 12.1 Å². The topological polar surface area (TPSA) is 64.3 Å². The van der Waals surface area contributed by atoms with Crippen molar-refractivity contribution in [2.24, 2.45) is 11.8 Å². The number of hydrogen-bond acceptors (Lipinski definition) is 3. The molecule has 0 spiro atoms. The van der Waals surface area contributed by atoms with Gasteiger partial charge in [0.1, 0.15) is 0 Å². The number of hydrogen-bond donors (Lipinski definition) is 2. The van der Waals surface area contributed by atoms with Gasteiger partial charge in [0.2, 0.25) is 0 Å². The number of carbonyl (C=O) groups excluding carboxylic acids is 1. The first-order valence-corrected chi connectivity index (χ1v) is 6.90. The van der Waals surface area contributed by atoms with Gasteiger partial charge in [-0.15, -0.1) is 0 Å². The minimum atomic E-state index is -0.270. The van der Waals surface area contributed by atoms with Crippen molar-refractivity contribution in [2.45, 2.75) is 45.3 Å². The molecule has 1 aliphatic rings. The van der Waals surface area contributed by atoms with Crippen LogP contribution in [0.4, 0.5) is 0 Å². The summed E-state index contributed by atoms with van der Waals surface area (Å²) >= 11 is 0. The molecule has 2 atom stereocenters. The fraction of sp³-hybridized carbons (Fsp3) is 0.533. The van der Waals surface area contributed by atoms with Gasteiger partial charge in [0.15, 0.2) is 0 Å². The molecule has 1 saturated carbocycles. The van der Waals surface area contributed by atoms with Crippen molar-refractivity contribution in [3.8, 4) is 0 Å². The maximum absolute atomic E-state index is 11.3. The van der Waals surface area contributed by atoms with Gasteiger partial charge < -0.3 is 4.74 Å². The van der Waals surface area contributed by atoms with Crippen molar-refractivity contribution >= 4 is 5.91 Å². The van der Waals surface area contributed by atoms with E-state index >= 15 is 0 Å². The van der Waals surface area contributed by atoms with Crippen LogP contribution in [0.1, 0.15) is 48.5 Å². The molecule has 1 aromatic rings. The molecule has 4 heteroatoms. The molecule has 0 saturated heterocycles. The van der Waals surface area contributed by atoms with Crippen molar-refractivity contribution in [3.05, 3.63) is 35.4 Å². The number of ether oxygens (including phenoxy) is 1. The van der Waals surface area contributed by atoms with Crippen LogP contribution in [0.25, 0.3) is 0 Å². The van der Waals surface area contributed by atoms with E-state index in [0.717, 1.165) is 24.3 Å². The summed E-state index contributed by atoms with van der Waals surface area (Å²) in [6.45, 7) is 2.90. The van der Waals surface area contributed by atoms with E-state index in [0.29, 0.717) is 18.3 Å². The second-order valence-corrected chi connectivity index (χ2v) is 5.38. The summed E-state index contributed by atoms with van der Waals surface area (Å²) in [7, 11) is 0. The number of nitrogens with one attached hydrogen (secondary N) is 1. The van der Waals surface area contributed by atoms with Gasteiger partial charge >= 0.3 is 0 Å². The zero-order valence-electron chi connectivity index (χ0n) is 11.4. The van der Waals surface area contributed by atoms with Gasteiger partial charge in [-0.2, -0.15) is 0 Å². The second-order valence-electron chi connectivity index (χ2n) is 5.38. The van der Waals surface area contributed by atoms with E-state index in [4.69, 9.17) is 10.6 Å². The minimum absolute atomic E-state index is 0.270. The SMILES string of the molecule is CC1CCCC(OCc2ccc(C(=O)NN)cc2)C1. The third-order valence-corrected chi connectivity index (χ3v) is 3.72. The van der Waals surface area contributed by atoms with Gasteiger partial charge in [-0.05, 0) is 36.5 Å². The molecule has 4 nitrogen and oxygen atoms in total. The Morgan fingerprint density at radius 3 is 2.74 bits per heavy atom. The molecule has 1 aliphatic carbocycles. The summed E-state index contributed by atoms with van der Waals surface area (Å²) in [5.41, 5.74) is 3.78. The first-order chi connectivity index (χ1) is 9.19. The molecule has 19 heavy (non-hydrogen) atoms. The molecule has 0 heterocycles. The molecule has 1 aromatic carbocycles. The highest BCUT2D eigenvalue weighted by atomic mass is 16.5. The van der Waals surface area contributed by atoms with Crippen molar-refractivity contribution < 1.29 is 9.53 Å². The summed E-state index contributed by atoms with van der Waals surface area (Å²) in [4.78, 5) is 11.3. The Morgan fingerprint density at radius 1 is 1.37 bits per heavy atom.